The number of aromatic nitrogens is 1. The molecule has 0 saturated carbocycles. The first-order chi connectivity index (χ1) is 12.7. The van der Waals surface area contributed by atoms with Crippen molar-refractivity contribution in [2.75, 3.05) is 19.8 Å². The first-order valence-corrected chi connectivity index (χ1v) is 9.67. The van der Waals surface area contributed by atoms with Crippen molar-refractivity contribution in [2.45, 2.75) is 39.0 Å². The van der Waals surface area contributed by atoms with E-state index < -0.39 is 0 Å². The van der Waals surface area contributed by atoms with E-state index in [-0.39, 0.29) is 0 Å². The highest BCUT2D eigenvalue weighted by Crippen LogP contribution is 2.35. The normalized spacial score (nSPS) is 13.6. The molecule has 0 amide bonds. The number of benzene rings is 1. The molecule has 0 N–H and O–H groups in total. The predicted octanol–water partition coefficient (Wildman–Crippen LogP) is 5.11. The minimum Gasteiger partial charge on any atom is -0.490 e. The molecule has 3 rings (SSSR count). The Morgan fingerprint density at radius 2 is 1.92 bits per heavy atom. The van der Waals surface area contributed by atoms with E-state index in [2.05, 4.69) is 17.1 Å². The molecule has 0 aliphatic carbocycles. The van der Waals surface area contributed by atoms with Gasteiger partial charge in [-0.15, -0.1) is 0 Å². The monoisotopic (exact) mass is 396 g/mol. The molecule has 0 bridgehead atoms. The van der Waals surface area contributed by atoms with Crippen molar-refractivity contribution in [3.8, 4) is 5.75 Å². The number of aryl methyl sites for hydroxylation is 2. The molecule has 1 aliphatic heterocycles. The van der Waals surface area contributed by atoms with Crippen LogP contribution in [0.5, 0.6) is 5.75 Å². The number of unbranched alkanes of at least 4 members (excludes halogenated alkanes) is 2. The summed E-state index contributed by atoms with van der Waals surface area (Å²) < 4.78 is 16.5. The Labute approximate surface area is 163 Å². The van der Waals surface area contributed by atoms with Crippen LogP contribution in [0.15, 0.2) is 27.7 Å². The van der Waals surface area contributed by atoms with Gasteiger partial charge in [0.05, 0.1) is 28.9 Å². The number of nitrogens with zero attached hydrogens (tertiary/aromatic N) is 2. The molecule has 0 atom stereocenters. The van der Waals surface area contributed by atoms with Crippen LogP contribution in [-0.4, -0.2) is 30.8 Å². The van der Waals surface area contributed by atoms with Gasteiger partial charge in [-0.1, -0.05) is 35.3 Å². The minimum absolute atomic E-state index is 0.472. The minimum atomic E-state index is 0.472. The van der Waals surface area contributed by atoms with E-state index in [1.165, 1.54) is 0 Å². The van der Waals surface area contributed by atoms with Crippen LogP contribution in [0.4, 0.5) is 0 Å². The second-order valence-electron chi connectivity index (χ2n) is 6.10. The lowest BCUT2D eigenvalue weighted by atomic mass is 10.1. The Morgan fingerprint density at radius 3 is 2.58 bits per heavy atom. The van der Waals surface area contributed by atoms with Crippen molar-refractivity contribution in [3.05, 3.63) is 45.3 Å². The number of ether oxygens (including phenoxy) is 2. The zero-order valence-corrected chi connectivity index (χ0v) is 16.3. The molecule has 1 aliphatic rings. The Bertz CT molecular complexity index is 751. The number of hydrogen-bond acceptors (Lipinski definition) is 5. The van der Waals surface area contributed by atoms with Crippen LogP contribution >= 0.6 is 23.2 Å². The van der Waals surface area contributed by atoms with Crippen LogP contribution in [0, 0.1) is 0 Å². The summed E-state index contributed by atoms with van der Waals surface area (Å²) in [4.78, 5) is 4.27. The summed E-state index contributed by atoms with van der Waals surface area (Å²) in [6.45, 7) is 3.89. The fourth-order valence-corrected chi connectivity index (χ4v) is 3.32. The summed E-state index contributed by atoms with van der Waals surface area (Å²) in [6.07, 6.45) is 4.76. The summed E-state index contributed by atoms with van der Waals surface area (Å²) in [5.41, 5.74) is 1.79. The first kappa shape index (κ1) is 19.1. The SMILES string of the molecule is CCc1cc(CCCCCOc2c(Cl)cc(C3=NCCO3)cc2Cl)on1. The molecule has 140 valence electrons. The van der Waals surface area contributed by atoms with Crippen molar-refractivity contribution in [3.63, 3.8) is 0 Å². The summed E-state index contributed by atoms with van der Waals surface area (Å²) in [5, 5.41) is 4.94. The topological polar surface area (TPSA) is 56.9 Å². The van der Waals surface area contributed by atoms with Crippen molar-refractivity contribution in [1.82, 2.24) is 5.16 Å². The summed E-state index contributed by atoms with van der Waals surface area (Å²) in [5.74, 6) is 2.04. The molecule has 0 fully saturated rings. The molecule has 1 aromatic heterocycles. The molecule has 2 aromatic rings. The van der Waals surface area contributed by atoms with E-state index >= 15 is 0 Å². The highest BCUT2D eigenvalue weighted by molar-refractivity contribution is 6.37. The maximum atomic E-state index is 6.31. The fraction of sp³-hybridized carbons (Fsp3) is 0.474. The van der Waals surface area contributed by atoms with Gasteiger partial charge in [-0.25, -0.2) is 4.99 Å². The van der Waals surface area contributed by atoms with E-state index in [1.807, 2.05) is 6.07 Å². The van der Waals surface area contributed by atoms with Gasteiger partial charge in [-0.3, -0.25) is 0 Å². The Kier molecular flexibility index (Phi) is 6.80. The summed E-state index contributed by atoms with van der Waals surface area (Å²) in [6, 6.07) is 5.58. The summed E-state index contributed by atoms with van der Waals surface area (Å²) in [7, 11) is 0. The zero-order chi connectivity index (χ0) is 18.4. The van der Waals surface area contributed by atoms with Crippen molar-refractivity contribution in [2.24, 2.45) is 4.99 Å². The van der Waals surface area contributed by atoms with Gasteiger partial charge in [-0.05, 0) is 37.8 Å². The highest BCUT2D eigenvalue weighted by atomic mass is 35.5. The van der Waals surface area contributed by atoms with E-state index in [9.17, 15) is 0 Å². The third kappa shape index (κ3) is 4.92. The highest BCUT2D eigenvalue weighted by Gasteiger charge is 2.16. The van der Waals surface area contributed by atoms with Crippen LogP contribution in [0.1, 0.15) is 43.2 Å². The molecule has 2 heterocycles. The molecular weight excluding hydrogens is 375 g/mol. The van der Waals surface area contributed by atoms with Gasteiger partial charge in [0.2, 0.25) is 5.90 Å². The van der Waals surface area contributed by atoms with Gasteiger partial charge in [0.25, 0.3) is 0 Å². The molecule has 7 heteroatoms. The Morgan fingerprint density at radius 1 is 1.12 bits per heavy atom. The predicted molar refractivity (Wildman–Crippen MR) is 103 cm³/mol. The zero-order valence-electron chi connectivity index (χ0n) is 14.8. The average Bonchev–Trinajstić information content (AvgIpc) is 3.31. The lowest BCUT2D eigenvalue weighted by Gasteiger charge is -2.11. The van der Waals surface area contributed by atoms with Crippen LogP contribution in [0.3, 0.4) is 0 Å². The maximum absolute atomic E-state index is 6.31. The number of halogens is 2. The molecule has 0 radical (unpaired) electrons. The van der Waals surface area contributed by atoms with Crippen LogP contribution in [0.2, 0.25) is 10.0 Å². The smallest absolute Gasteiger partial charge is 0.216 e. The molecule has 1 aromatic carbocycles. The standard InChI is InChI=1S/C19H22Cl2N2O3/c1-2-14-12-15(26-23-14)6-4-3-5-8-24-18-16(20)10-13(11-17(18)21)19-22-7-9-25-19/h10-12H,2-9H2,1H3. The number of rotatable bonds is 9. The van der Waals surface area contributed by atoms with E-state index in [1.54, 1.807) is 12.1 Å². The molecular formula is C19H22Cl2N2O3. The Hall–Kier alpha value is -1.72. The van der Waals surface area contributed by atoms with Gasteiger partial charge in [0, 0.05) is 18.1 Å². The van der Waals surface area contributed by atoms with Crippen LogP contribution in [0.25, 0.3) is 0 Å². The second kappa shape index (κ2) is 9.28. The molecule has 0 unspecified atom stereocenters. The third-order valence-corrected chi connectivity index (χ3v) is 4.68. The van der Waals surface area contributed by atoms with Gasteiger partial charge >= 0.3 is 0 Å². The number of aliphatic imine (C=N–C) groups is 1. The maximum Gasteiger partial charge on any atom is 0.216 e. The van der Waals surface area contributed by atoms with Crippen molar-refractivity contribution >= 4 is 29.1 Å². The van der Waals surface area contributed by atoms with Crippen molar-refractivity contribution < 1.29 is 14.0 Å². The van der Waals surface area contributed by atoms with Gasteiger partial charge in [-0.2, -0.15) is 0 Å². The first-order valence-electron chi connectivity index (χ1n) is 8.91. The lowest BCUT2D eigenvalue weighted by molar-refractivity contribution is 0.303. The summed E-state index contributed by atoms with van der Waals surface area (Å²) >= 11 is 12.6. The van der Waals surface area contributed by atoms with Gasteiger partial charge in [0.15, 0.2) is 5.75 Å². The van der Waals surface area contributed by atoms with Crippen LogP contribution < -0.4 is 4.74 Å². The molecule has 0 saturated heterocycles. The van der Waals surface area contributed by atoms with Gasteiger partial charge < -0.3 is 14.0 Å². The van der Waals surface area contributed by atoms with Crippen LogP contribution in [-0.2, 0) is 17.6 Å². The van der Waals surface area contributed by atoms with E-state index in [0.29, 0.717) is 41.5 Å². The molecule has 5 nitrogen and oxygen atoms in total. The number of hydrogen-bond donors (Lipinski definition) is 0. The van der Waals surface area contributed by atoms with Crippen molar-refractivity contribution in [1.29, 1.82) is 0 Å². The van der Waals surface area contributed by atoms with E-state index in [0.717, 1.165) is 49.1 Å². The lowest BCUT2D eigenvalue weighted by Crippen LogP contribution is -2.03. The average molecular weight is 397 g/mol. The fourth-order valence-electron chi connectivity index (χ4n) is 2.72. The molecule has 26 heavy (non-hydrogen) atoms. The molecule has 0 spiro atoms. The van der Waals surface area contributed by atoms with E-state index in [4.69, 9.17) is 37.2 Å². The van der Waals surface area contributed by atoms with Gasteiger partial charge in [0.1, 0.15) is 12.4 Å². The second-order valence-corrected chi connectivity index (χ2v) is 6.92. The largest absolute Gasteiger partial charge is 0.490 e. The third-order valence-electron chi connectivity index (χ3n) is 4.11. The quantitative estimate of drug-likeness (QED) is 0.552. The Balaban J connectivity index is 1.43.